The Morgan fingerprint density at radius 3 is 2.65 bits per heavy atom. The second kappa shape index (κ2) is 8.91. The van der Waals surface area contributed by atoms with Gasteiger partial charge in [0.05, 0.1) is 33.1 Å². The third-order valence-electron chi connectivity index (χ3n) is 4.64. The van der Waals surface area contributed by atoms with Crippen molar-refractivity contribution in [3.63, 3.8) is 0 Å². The molecule has 3 aromatic carbocycles. The number of aryl methyl sites for hydroxylation is 1. The number of nitrogens with zero attached hydrogens (tertiary/aromatic N) is 2. The van der Waals surface area contributed by atoms with E-state index in [1.165, 1.54) is 16.7 Å². The van der Waals surface area contributed by atoms with Crippen LogP contribution in [0.4, 0.5) is 10.1 Å². The summed E-state index contributed by atoms with van der Waals surface area (Å²) in [5, 5.41) is 3.67. The minimum atomic E-state index is -0.486. The van der Waals surface area contributed by atoms with Crippen molar-refractivity contribution < 1.29 is 9.18 Å². The number of anilines is 1. The van der Waals surface area contributed by atoms with Gasteiger partial charge in [-0.15, -0.1) is 0 Å². The number of amides is 1. The molecule has 0 aliphatic rings. The molecule has 1 aromatic heterocycles. The van der Waals surface area contributed by atoms with Gasteiger partial charge in [0.2, 0.25) is 5.91 Å². The fraction of sp³-hybridized carbons (Fsp3) is 0.0870. The van der Waals surface area contributed by atoms with Crippen LogP contribution in [0.5, 0.6) is 0 Å². The number of para-hydroxylation sites is 2. The van der Waals surface area contributed by atoms with Crippen LogP contribution in [-0.2, 0) is 4.79 Å². The molecule has 4 aromatic rings. The first-order valence-corrected chi connectivity index (χ1v) is 10.8. The van der Waals surface area contributed by atoms with Gasteiger partial charge in [-0.1, -0.05) is 53.7 Å². The maximum absolute atomic E-state index is 13.3. The molecule has 156 valence electrons. The molecule has 31 heavy (non-hydrogen) atoms. The highest BCUT2D eigenvalue weighted by molar-refractivity contribution is 7.99. The van der Waals surface area contributed by atoms with E-state index in [-0.39, 0.29) is 22.2 Å². The molecule has 0 saturated carbocycles. The standard InChI is InChI=1S/C23H17ClFN3O2S/c1-14-6-2-5-9-20(14)28-22(30)16-7-3-4-8-18(16)27-23(28)31-13-21(29)26-19-11-10-15(25)12-17(19)24/h2-12H,13H2,1H3,(H,26,29). The quantitative estimate of drug-likeness (QED) is 0.332. The number of hydrogen-bond acceptors (Lipinski definition) is 4. The number of carbonyl (C=O) groups excluding carboxylic acids is 1. The maximum Gasteiger partial charge on any atom is 0.266 e. The summed E-state index contributed by atoms with van der Waals surface area (Å²) < 4.78 is 14.7. The molecule has 0 spiro atoms. The predicted octanol–water partition coefficient (Wildman–Crippen LogP) is 5.22. The highest BCUT2D eigenvalue weighted by Crippen LogP contribution is 2.25. The molecule has 0 fully saturated rings. The van der Waals surface area contributed by atoms with E-state index in [9.17, 15) is 14.0 Å². The number of nitrogens with one attached hydrogen (secondary N) is 1. The summed E-state index contributed by atoms with van der Waals surface area (Å²) >= 11 is 7.12. The maximum atomic E-state index is 13.3. The number of benzene rings is 3. The molecule has 0 unspecified atom stereocenters. The zero-order valence-electron chi connectivity index (χ0n) is 16.4. The van der Waals surface area contributed by atoms with Crippen molar-refractivity contribution in [1.82, 2.24) is 9.55 Å². The van der Waals surface area contributed by atoms with Gasteiger partial charge >= 0.3 is 0 Å². The van der Waals surface area contributed by atoms with Crippen molar-refractivity contribution in [1.29, 1.82) is 0 Å². The molecule has 0 radical (unpaired) electrons. The number of aromatic nitrogens is 2. The van der Waals surface area contributed by atoms with Crippen molar-refractivity contribution in [2.45, 2.75) is 12.1 Å². The highest BCUT2D eigenvalue weighted by Gasteiger charge is 2.16. The van der Waals surface area contributed by atoms with Crippen LogP contribution < -0.4 is 10.9 Å². The van der Waals surface area contributed by atoms with E-state index in [0.717, 1.165) is 23.4 Å². The highest BCUT2D eigenvalue weighted by atomic mass is 35.5. The first kappa shape index (κ1) is 21.1. The Morgan fingerprint density at radius 2 is 1.87 bits per heavy atom. The van der Waals surface area contributed by atoms with Gasteiger partial charge < -0.3 is 5.32 Å². The van der Waals surface area contributed by atoms with Crippen LogP contribution in [0.2, 0.25) is 5.02 Å². The van der Waals surface area contributed by atoms with Crippen molar-refractivity contribution >= 4 is 45.9 Å². The van der Waals surface area contributed by atoms with Crippen LogP contribution in [0.15, 0.2) is 76.7 Å². The Hall–Kier alpha value is -3.16. The molecular formula is C23H17ClFN3O2S. The summed E-state index contributed by atoms with van der Waals surface area (Å²) in [5.41, 5.74) is 2.28. The van der Waals surface area contributed by atoms with Gasteiger partial charge in [-0.2, -0.15) is 0 Å². The molecule has 0 aliphatic heterocycles. The average Bonchev–Trinajstić information content (AvgIpc) is 2.75. The minimum Gasteiger partial charge on any atom is -0.324 e. The molecule has 8 heteroatoms. The molecular weight excluding hydrogens is 437 g/mol. The monoisotopic (exact) mass is 453 g/mol. The molecule has 5 nitrogen and oxygen atoms in total. The first-order chi connectivity index (χ1) is 14.9. The SMILES string of the molecule is Cc1ccccc1-n1c(SCC(=O)Nc2ccc(F)cc2Cl)nc2ccccc2c1=O. The largest absolute Gasteiger partial charge is 0.324 e. The normalized spacial score (nSPS) is 10.9. The molecule has 1 heterocycles. The Balaban J connectivity index is 1.68. The average molecular weight is 454 g/mol. The summed E-state index contributed by atoms with van der Waals surface area (Å²) in [5.74, 6) is -0.845. The molecule has 0 atom stereocenters. The molecule has 1 amide bonds. The van der Waals surface area contributed by atoms with Gasteiger partial charge in [-0.25, -0.2) is 9.37 Å². The van der Waals surface area contributed by atoms with Gasteiger partial charge in [0.1, 0.15) is 5.82 Å². The number of halogens is 2. The van der Waals surface area contributed by atoms with Crippen LogP contribution in [0.3, 0.4) is 0 Å². The smallest absolute Gasteiger partial charge is 0.266 e. The van der Waals surface area contributed by atoms with E-state index < -0.39 is 5.82 Å². The lowest BCUT2D eigenvalue weighted by Gasteiger charge is -2.15. The van der Waals surface area contributed by atoms with Crippen molar-refractivity contribution in [2.24, 2.45) is 0 Å². The van der Waals surface area contributed by atoms with Gasteiger partial charge in [-0.3, -0.25) is 14.2 Å². The lowest BCUT2D eigenvalue weighted by Crippen LogP contribution is -2.23. The molecule has 0 bridgehead atoms. The van der Waals surface area contributed by atoms with Crippen LogP contribution >= 0.6 is 23.4 Å². The van der Waals surface area contributed by atoms with Crippen LogP contribution in [0, 0.1) is 12.7 Å². The van der Waals surface area contributed by atoms with Gasteiger partial charge in [0.15, 0.2) is 5.16 Å². The number of thioether (sulfide) groups is 1. The summed E-state index contributed by atoms with van der Waals surface area (Å²) in [7, 11) is 0. The van der Waals surface area contributed by atoms with Crippen molar-refractivity contribution in [2.75, 3.05) is 11.1 Å². The summed E-state index contributed by atoms with van der Waals surface area (Å²) in [6.45, 7) is 1.91. The van der Waals surface area contributed by atoms with Crippen molar-refractivity contribution in [3.05, 3.63) is 93.5 Å². The zero-order chi connectivity index (χ0) is 22.0. The van der Waals surface area contributed by atoms with E-state index >= 15 is 0 Å². The fourth-order valence-corrected chi connectivity index (χ4v) is 4.16. The zero-order valence-corrected chi connectivity index (χ0v) is 18.0. The topological polar surface area (TPSA) is 64.0 Å². The van der Waals surface area contributed by atoms with E-state index in [1.54, 1.807) is 18.2 Å². The third kappa shape index (κ3) is 4.47. The third-order valence-corrected chi connectivity index (χ3v) is 5.89. The number of rotatable bonds is 5. The molecule has 0 aliphatic carbocycles. The fourth-order valence-electron chi connectivity index (χ4n) is 3.14. The van der Waals surface area contributed by atoms with Gasteiger partial charge in [0.25, 0.3) is 5.56 Å². The van der Waals surface area contributed by atoms with Crippen LogP contribution in [0.1, 0.15) is 5.56 Å². The Labute approximate surface area is 186 Å². The summed E-state index contributed by atoms with van der Waals surface area (Å²) in [6.07, 6.45) is 0. The van der Waals surface area contributed by atoms with E-state index in [4.69, 9.17) is 11.6 Å². The Bertz CT molecular complexity index is 1360. The molecule has 0 saturated heterocycles. The van der Waals surface area contributed by atoms with Gasteiger partial charge in [0, 0.05) is 0 Å². The Kier molecular flexibility index (Phi) is 6.06. The first-order valence-electron chi connectivity index (χ1n) is 9.39. The van der Waals surface area contributed by atoms with Gasteiger partial charge in [-0.05, 0) is 48.9 Å². The number of carbonyl (C=O) groups is 1. The predicted molar refractivity (Wildman–Crippen MR) is 123 cm³/mol. The lowest BCUT2D eigenvalue weighted by atomic mass is 10.2. The number of fused-ring (bicyclic) bond motifs is 1. The summed E-state index contributed by atoms with van der Waals surface area (Å²) in [6, 6.07) is 18.3. The molecule has 4 rings (SSSR count). The molecule has 1 N–H and O–H groups in total. The minimum absolute atomic E-state index is 0.00956. The van der Waals surface area contributed by atoms with Crippen molar-refractivity contribution in [3.8, 4) is 5.69 Å². The second-order valence-corrected chi connectivity index (χ2v) is 8.15. The van der Waals surface area contributed by atoms with E-state index in [1.807, 2.05) is 37.3 Å². The van der Waals surface area contributed by atoms with E-state index in [0.29, 0.717) is 27.4 Å². The van der Waals surface area contributed by atoms with Crippen LogP contribution in [-0.4, -0.2) is 21.2 Å². The second-order valence-electron chi connectivity index (χ2n) is 6.80. The number of hydrogen-bond donors (Lipinski definition) is 1. The summed E-state index contributed by atoms with van der Waals surface area (Å²) in [4.78, 5) is 30.4. The lowest BCUT2D eigenvalue weighted by molar-refractivity contribution is -0.113. The van der Waals surface area contributed by atoms with E-state index in [2.05, 4.69) is 10.3 Å². The van der Waals surface area contributed by atoms with Crippen LogP contribution in [0.25, 0.3) is 16.6 Å². The Morgan fingerprint density at radius 1 is 1.13 bits per heavy atom.